The maximum Gasteiger partial charge on any atom is 0.192 e. The molecule has 1 aliphatic rings. The normalized spacial score (nSPS) is 12.4. The van der Waals surface area contributed by atoms with Gasteiger partial charge in [0.25, 0.3) is 0 Å². The topological polar surface area (TPSA) is 76.6 Å². The van der Waals surface area contributed by atoms with Gasteiger partial charge in [0.15, 0.2) is 16.6 Å². The average molecular weight is 407 g/mol. The maximum absolute atomic E-state index is 14.3. The first-order chi connectivity index (χ1) is 14.1. The van der Waals surface area contributed by atoms with Gasteiger partial charge >= 0.3 is 0 Å². The van der Waals surface area contributed by atoms with Gasteiger partial charge in [-0.1, -0.05) is 0 Å². The zero-order valence-electron chi connectivity index (χ0n) is 14.8. The number of hydrogen-bond acceptors (Lipinski definition) is 6. The van der Waals surface area contributed by atoms with E-state index >= 15 is 0 Å². The summed E-state index contributed by atoms with van der Waals surface area (Å²) in [6.07, 6.45) is 1.95. The minimum absolute atomic E-state index is 0.0895. The molecular weight excluding hydrogens is 396 g/mol. The summed E-state index contributed by atoms with van der Waals surface area (Å²) in [6, 6.07) is 10.6. The van der Waals surface area contributed by atoms with Gasteiger partial charge in [0, 0.05) is 22.9 Å². The average Bonchev–Trinajstić information content (AvgIpc) is 3.32. The highest BCUT2D eigenvalue weighted by atomic mass is 32.1. The van der Waals surface area contributed by atoms with Crippen LogP contribution >= 0.6 is 11.3 Å². The summed E-state index contributed by atoms with van der Waals surface area (Å²) < 4.78 is 34.6. The van der Waals surface area contributed by atoms with E-state index in [0.29, 0.717) is 35.2 Å². The summed E-state index contributed by atoms with van der Waals surface area (Å²) >= 11 is 1.42. The first-order valence-corrected chi connectivity index (χ1v) is 9.48. The Balaban J connectivity index is 1.63. The lowest BCUT2D eigenvalue weighted by atomic mass is 10.1. The van der Waals surface area contributed by atoms with E-state index in [0.717, 1.165) is 22.2 Å². The Morgan fingerprint density at radius 1 is 1.17 bits per heavy atom. The highest BCUT2D eigenvalue weighted by Gasteiger charge is 2.24. The smallest absolute Gasteiger partial charge is 0.192 e. The third kappa shape index (κ3) is 2.94. The lowest BCUT2D eigenvalue weighted by Crippen LogP contribution is -2.03. The molecule has 0 radical (unpaired) electrons. The van der Waals surface area contributed by atoms with Crippen molar-refractivity contribution in [3.05, 3.63) is 64.8 Å². The maximum atomic E-state index is 14.3. The molecule has 0 amide bonds. The minimum atomic E-state index is -0.738. The summed E-state index contributed by atoms with van der Waals surface area (Å²) in [4.78, 5) is 9.96. The van der Waals surface area contributed by atoms with Gasteiger partial charge in [-0.2, -0.15) is 10.4 Å². The number of hydrogen-bond donors (Lipinski definition) is 0. The van der Waals surface area contributed by atoms with Crippen LogP contribution in [0.3, 0.4) is 0 Å². The third-order valence-electron chi connectivity index (χ3n) is 4.53. The van der Waals surface area contributed by atoms with E-state index in [4.69, 9.17) is 15.0 Å². The number of fused-ring (bicyclic) bond motifs is 3. The number of nitrogens with zero attached hydrogens (tertiary/aromatic N) is 5. The van der Waals surface area contributed by atoms with E-state index in [9.17, 15) is 8.78 Å². The number of ether oxygens (including phenoxy) is 1. The van der Waals surface area contributed by atoms with E-state index < -0.39 is 11.6 Å². The molecule has 5 rings (SSSR count). The molecule has 0 unspecified atom stereocenters. The van der Waals surface area contributed by atoms with Gasteiger partial charge in [0.05, 0.1) is 23.9 Å². The van der Waals surface area contributed by atoms with Crippen LogP contribution in [0.4, 0.5) is 8.78 Å². The molecule has 9 heteroatoms. The number of nitriles is 1. The standard InChI is InChI=1S/C20H11F2N5OS/c21-12-2-4-15(14(22)8-12)27-19(24-10-25-27)20-26-18-13-3-1-11(9-23)7-16(13)28-6-5-17(18)29-20/h1-4,7-8,10H,5-6H2. The molecule has 0 fully saturated rings. The van der Waals surface area contributed by atoms with Gasteiger partial charge in [-0.15, -0.1) is 11.3 Å². The van der Waals surface area contributed by atoms with Crippen molar-refractivity contribution in [2.24, 2.45) is 0 Å². The quantitative estimate of drug-likeness (QED) is 0.499. The van der Waals surface area contributed by atoms with Crippen LogP contribution in [0.2, 0.25) is 0 Å². The Morgan fingerprint density at radius 3 is 2.90 bits per heavy atom. The second-order valence-corrected chi connectivity index (χ2v) is 7.39. The monoisotopic (exact) mass is 407 g/mol. The van der Waals surface area contributed by atoms with Crippen molar-refractivity contribution in [2.75, 3.05) is 6.61 Å². The van der Waals surface area contributed by atoms with Gasteiger partial charge in [0.2, 0.25) is 0 Å². The predicted molar refractivity (Wildman–Crippen MR) is 102 cm³/mol. The van der Waals surface area contributed by atoms with Crippen molar-refractivity contribution in [1.29, 1.82) is 5.26 Å². The minimum Gasteiger partial charge on any atom is -0.492 e. The summed E-state index contributed by atoms with van der Waals surface area (Å²) in [5, 5.41) is 13.8. The first-order valence-electron chi connectivity index (χ1n) is 8.67. The van der Waals surface area contributed by atoms with Crippen molar-refractivity contribution in [3.63, 3.8) is 0 Å². The largest absolute Gasteiger partial charge is 0.492 e. The summed E-state index contributed by atoms with van der Waals surface area (Å²) in [5.41, 5.74) is 2.13. The Bertz CT molecular complexity index is 1290. The zero-order chi connectivity index (χ0) is 20.0. The highest BCUT2D eigenvalue weighted by Crippen LogP contribution is 2.40. The van der Waals surface area contributed by atoms with E-state index in [-0.39, 0.29) is 5.69 Å². The predicted octanol–water partition coefficient (Wildman–Crippen LogP) is 4.14. The third-order valence-corrected chi connectivity index (χ3v) is 5.64. The lowest BCUT2D eigenvalue weighted by Gasteiger charge is -2.07. The number of aromatic nitrogens is 4. The molecule has 0 saturated heterocycles. The Kier molecular flexibility index (Phi) is 4.07. The molecular formula is C20H11F2N5OS. The van der Waals surface area contributed by atoms with Crippen molar-refractivity contribution >= 4 is 11.3 Å². The van der Waals surface area contributed by atoms with Crippen LogP contribution in [0.1, 0.15) is 10.4 Å². The van der Waals surface area contributed by atoms with Crippen LogP contribution in [-0.4, -0.2) is 26.4 Å². The molecule has 2 aromatic heterocycles. The van der Waals surface area contributed by atoms with Crippen molar-refractivity contribution in [3.8, 4) is 39.6 Å². The molecule has 1 aliphatic heterocycles. The van der Waals surface area contributed by atoms with E-state index in [1.54, 1.807) is 12.1 Å². The zero-order valence-corrected chi connectivity index (χ0v) is 15.6. The highest BCUT2D eigenvalue weighted by molar-refractivity contribution is 7.15. The molecule has 0 N–H and O–H groups in total. The van der Waals surface area contributed by atoms with Crippen molar-refractivity contribution in [1.82, 2.24) is 19.7 Å². The van der Waals surface area contributed by atoms with Gasteiger partial charge in [-0.3, -0.25) is 0 Å². The summed E-state index contributed by atoms with van der Waals surface area (Å²) in [6.45, 7) is 0.454. The second-order valence-electron chi connectivity index (χ2n) is 6.30. The van der Waals surface area contributed by atoms with Crippen LogP contribution in [0.5, 0.6) is 5.75 Å². The molecule has 0 bridgehead atoms. The Hall–Kier alpha value is -3.64. The van der Waals surface area contributed by atoms with Gasteiger partial charge in [-0.05, 0) is 30.3 Å². The molecule has 6 nitrogen and oxygen atoms in total. The van der Waals surface area contributed by atoms with E-state index in [1.165, 1.54) is 34.5 Å². The molecule has 0 atom stereocenters. The molecule has 0 saturated carbocycles. The molecule has 3 heterocycles. The Morgan fingerprint density at radius 2 is 2.07 bits per heavy atom. The molecule has 142 valence electrons. The summed E-state index contributed by atoms with van der Waals surface area (Å²) in [5.74, 6) is -0.435. The Labute approximate surface area is 167 Å². The molecule has 4 aromatic rings. The van der Waals surface area contributed by atoms with Gasteiger partial charge in [-0.25, -0.2) is 23.4 Å². The molecule has 29 heavy (non-hydrogen) atoms. The number of benzene rings is 2. The lowest BCUT2D eigenvalue weighted by molar-refractivity contribution is 0.327. The van der Waals surface area contributed by atoms with Crippen LogP contribution in [0.25, 0.3) is 27.8 Å². The number of rotatable bonds is 2. The SMILES string of the molecule is N#Cc1ccc2c(c1)OCCc1sc(-c3ncnn3-c3ccc(F)cc3F)nc1-2. The second kappa shape index (κ2) is 6.76. The fourth-order valence-electron chi connectivity index (χ4n) is 3.20. The van der Waals surface area contributed by atoms with E-state index in [2.05, 4.69) is 16.2 Å². The fraction of sp³-hybridized carbons (Fsp3) is 0.100. The van der Waals surface area contributed by atoms with Crippen LogP contribution in [0.15, 0.2) is 42.7 Å². The summed E-state index contributed by atoms with van der Waals surface area (Å²) in [7, 11) is 0. The molecule has 2 aromatic carbocycles. The fourth-order valence-corrected chi connectivity index (χ4v) is 4.24. The number of thiazole rings is 1. The van der Waals surface area contributed by atoms with Gasteiger partial charge in [0.1, 0.15) is 23.6 Å². The molecule has 0 aliphatic carbocycles. The van der Waals surface area contributed by atoms with Gasteiger partial charge < -0.3 is 4.74 Å². The molecule has 0 spiro atoms. The number of halogens is 2. The van der Waals surface area contributed by atoms with Crippen LogP contribution in [0, 0.1) is 23.0 Å². The van der Waals surface area contributed by atoms with Crippen molar-refractivity contribution in [2.45, 2.75) is 6.42 Å². The van der Waals surface area contributed by atoms with Crippen LogP contribution < -0.4 is 4.74 Å². The van der Waals surface area contributed by atoms with E-state index in [1.807, 2.05) is 6.07 Å². The van der Waals surface area contributed by atoms with Crippen molar-refractivity contribution < 1.29 is 13.5 Å². The first kappa shape index (κ1) is 17.5. The van der Waals surface area contributed by atoms with Crippen LogP contribution in [-0.2, 0) is 6.42 Å².